The summed E-state index contributed by atoms with van der Waals surface area (Å²) in [6.45, 7) is 4.43. The molecule has 6 heteroatoms. The summed E-state index contributed by atoms with van der Waals surface area (Å²) < 4.78 is 1.94. The lowest BCUT2D eigenvalue weighted by molar-refractivity contribution is 0.428. The quantitative estimate of drug-likeness (QED) is 0.434. The van der Waals surface area contributed by atoms with Gasteiger partial charge in [-0.1, -0.05) is 51.3 Å². The molecule has 1 aromatic carbocycles. The summed E-state index contributed by atoms with van der Waals surface area (Å²) in [6.07, 6.45) is 11.4. The van der Waals surface area contributed by atoms with E-state index in [2.05, 4.69) is 48.4 Å². The highest BCUT2D eigenvalue weighted by atomic mass is 15.4. The molecule has 2 N–H and O–H groups in total. The normalized spacial score (nSPS) is 19.7. The van der Waals surface area contributed by atoms with Gasteiger partial charge in [0.05, 0.1) is 6.20 Å². The minimum atomic E-state index is 0.339. The molecule has 32 heavy (non-hydrogen) atoms. The number of nitrogens with one attached hydrogen (secondary N) is 2. The number of aromatic nitrogens is 5. The second-order valence-electron chi connectivity index (χ2n) is 9.94. The molecule has 3 heterocycles. The van der Waals surface area contributed by atoms with Gasteiger partial charge in [0.1, 0.15) is 5.82 Å². The zero-order valence-corrected chi connectivity index (χ0v) is 19.1. The van der Waals surface area contributed by atoms with Crippen molar-refractivity contribution in [1.82, 2.24) is 24.6 Å². The molecule has 1 atom stereocenters. The van der Waals surface area contributed by atoms with Crippen LogP contribution in [0.5, 0.6) is 0 Å². The summed E-state index contributed by atoms with van der Waals surface area (Å²) in [7, 11) is 0. The summed E-state index contributed by atoms with van der Waals surface area (Å²) in [4.78, 5) is 13.7. The van der Waals surface area contributed by atoms with Crippen LogP contribution in [0.15, 0.2) is 30.5 Å². The Morgan fingerprint density at radius 1 is 1.06 bits per heavy atom. The van der Waals surface area contributed by atoms with Crippen molar-refractivity contribution in [1.29, 1.82) is 0 Å². The van der Waals surface area contributed by atoms with Crippen LogP contribution in [-0.2, 0) is 12.8 Å². The van der Waals surface area contributed by atoms with E-state index in [-0.39, 0.29) is 0 Å². The molecular weight excluding hydrogens is 396 g/mol. The van der Waals surface area contributed by atoms with Gasteiger partial charge in [0.2, 0.25) is 5.95 Å². The summed E-state index contributed by atoms with van der Waals surface area (Å²) in [5.41, 5.74) is 6.26. The van der Waals surface area contributed by atoms with Crippen LogP contribution in [0.2, 0.25) is 0 Å². The number of rotatable bonds is 4. The highest BCUT2D eigenvalue weighted by molar-refractivity contribution is 5.85. The van der Waals surface area contributed by atoms with E-state index in [1.807, 2.05) is 10.7 Å². The average molecular weight is 429 g/mol. The van der Waals surface area contributed by atoms with Crippen LogP contribution in [0.25, 0.3) is 16.6 Å². The zero-order valence-electron chi connectivity index (χ0n) is 19.1. The monoisotopic (exact) mass is 428 g/mol. The maximum Gasteiger partial charge on any atom is 0.227 e. The van der Waals surface area contributed by atoms with E-state index < -0.39 is 0 Å². The first-order valence-corrected chi connectivity index (χ1v) is 12.3. The summed E-state index contributed by atoms with van der Waals surface area (Å²) in [6, 6.07) is 8.99. The van der Waals surface area contributed by atoms with Crippen molar-refractivity contribution in [2.45, 2.75) is 83.1 Å². The van der Waals surface area contributed by atoms with Crippen molar-refractivity contribution in [3.8, 4) is 0 Å². The summed E-state index contributed by atoms with van der Waals surface area (Å²) in [5, 5.41) is 9.84. The second-order valence-corrected chi connectivity index (χ2v) is 9.94. The summed E-state index contributed by atoms with van der Waals surface area (Å²) in [5.74, 6) is 2.72. The molecule has 1 saturated carbocycles. The minimum absolute atomic E-state index is 0.339. The number of aromatic amines is 1. The fraction of sp³-hybridized carbons (Fsp3) is 0.500. The SMILES string of the molecule is CC(C)c1cnn2c(N[C@@H]3CCc4[nH]c5ccccc5c4C3)nc(C3CCCCC3)nc12. The molecule has 4 aromatic rings. The molecule has 0 aliphatic heterocycles. The Morgan fingerprint density at radius 2 is 1.91 bits per heavy atom. The molecule has 0 unspecified atom stereocenters. The van der Waals surface area contributed by atoms with Crippen molar-refractivity contribution in [2.75, 3.05) is 5.32 Å². The lowest BCUT2D eigenvalue weighted by Crippen LogP contribution is -2.29. The Labute approximate surface area is 188 Å². The van der Waals surface area contributed by atoms with Crippen LogP contribution in [0.4, 0.5) is 5.95 Å². The van der Waals surface area contributed by atoms with E-state index in [1.165, 1.54) is 59.8 Å². The summed E-state index contributed by atoms with van der Waals surface area (Å²) >= 11 is 0. The third-order valence-corrected chi connectivity index (χ3v) is 7.43. The van der Waals surface area contributed by atoms with Crippen molar-refractivity contribution in [3.63, 3.8) is 0 Å². The number of aryl methyl sites for hydroxylation is 1. The van der Waals surface area contributed by atoms with Crippen LogP contribution in [0.3, 0.4) is 0 Å². The van der Waals surface area contributed by atoms with Crippen LogP contribution in [-0.4, -0.2) is 30.6 Å². The predicted octanol–water partition coefficient (Wildman–Crippen LogP) is 5.75. The van der Waals surface area contributed by atoms with E-state index in [9.17, 15) is 0 Å². The fourth-order valence-corrected chi connectivity index (χ4v) is 5.63. The van der Waals surface area contributed by atoms with Gasteiger partial charge in [0.25, 0.3) is 0 Å². The van der Waals surface area contributed by atoms with Gasteiger partial charge < -0.3 is 10.3 Å². The molecule has 0 amide bonds. The molecule has 166 valence electrons. The van der Waals surface area contributed by atoms with Gasteiger partial charge in [-0.25, -0.2) is 4.98 Å². The van der Waals surface area contributed by atoms with Gasteiger partial charge in [-0.3, -0.25) is 0 Å². The van der Waals surface area contributed by atoms with Gasteiger partial charge in [0.15, 0.2) is 5.65 Å². The first kappa shape index (κ1) is 19.8. The second kappa shape index (κ2) is 7.91. The number of benzene rings is 1. The molecule has 0 spiro atoms. The smallest absolute Gasteiger partial charge is 0.227 e. The molecular formula is C26H32N6. The van der Waals surface area contributed by atoms with Crippen molar-refractivity contribution in [2.24, 2.45) is 0 Å². The van der Waals surface area contributed by atoms with E-state index in [4.69, 9.17) is 15.1 Å². The van der Waals surface area contributed by atoms with Gasteiger partial charge >= 0.3 is 0 Å². The van der Waals surface area contributed by atoms with Gasteiger partial charge in [0, 0.05) is 34.1 Å². The molecule has 2 aliphatic rings. The van der Waals surface area contributed by atoms with E-state index in [0.717, 1.165) is 36.7 Å². The predicted molar refractivity (Wildman–Crippen MR) is 128 cm³/mol. The van der Waals surface area contributed by atoms with Gasteiger partial charge in [-0.15, -0.1) is 0 Å². The highest BCUT2D eigenvalue weighted by Crippen LogP contribution is 2.34. The van der Waals surface area contributed by atoms with E-state index in [0.29, 0.717) is 17.9 Å². The number of para-hydroxylation sites is 1. The third kappa shape index (κ3) is 3.37. The lowest BCUT2D eigenvalue weighted by Gasteiger charge is -2.25. The van der Waals surface area contributed by atoms with Crippen LogP contribution in [0, 0.1) is 0 Å². The highest BCUT2D eigenvalue weighted by Gasteiger charge is 2.26. The number of fused-ring (bicyclic) bond motifs is 4. The number of nitrogens with zero attached hydrogens (tertiary/aromatic N) is 4. The minimum Gasteiger partial charge on any atom is -0.358 e. The number of hydrogen-bond acceptors (Lipinski definition) is 4. The Bertz CT molecular complexity index is 1260. The largest absolute Gasteiger partial charge is 0.358 e. The Kier molecular flexibility index (Phi) is 4.89. The van der Waals surface area contributed by atoms with Crippen molar-refractivity contribution >= 4 is 22.5 Å². The van der Waals surface area contributed by atoms with Crippen LogP contribution >= 0.6 is 0 Å². The van der Waals surface area contributed by atoms with Gasteiger partial charge in [-0.05, 0) is 49.7 Å². The average Bonchev–Trinajstić information content (AvgIpc) is 3.41. The van der Waals surface area contributed by atoms with Gasteiger partial charge in [-0.2, -0.15) is 14.6 Å². The molecule has 0 bridgehead atoms. The van der Waals surface area contributed by atoms with E-state index in [1.54, 1.807) is 0 Å². The third-order valence-electron chi connectivity index (χ3n) is 7.43. The lowest BCUT2D eigenvalue weighted by atomic mass is 9.88. The fourth-order valence-electron chi connectivity index (χ4n) is 5.63. The molecule has 2 aliphatic carbocycles. The molecule has 3 aromatic heterocycles. The molecule has 6 rings (SSSR count). The number of hydrogen-bond donors (Lipinski definition) is 2. The Hall–Kier alpha value is -2.89. The topological polar surface area (TPSA) is 70.9 Å². The molecule has 0 radical (unpaired) electrons. The van der Waals surface area contributed by atoms with Crippen LogP contribution in [0.1, 0.15) is 86.9 Å². The Balaban J connectivity index is 1.36. The Morgan fingerprint density at radius 3 is 2.75 bits per heavy atom. The number of anilines is 1. The molecule has 0 saturated heterocycles. The van der Waals surface area contributed by atoms with Crippen molar-refractivity contribution < 1.29 is 0 Å². The first-order chi connectivity index (χ1) is 15.7. The van der Waals surface area contributed by atoms with Crippen molar-refractivity contribution in [3.05, 3.63) is 53.1 Å². The first-order valence-electron chi connectivity index (χ1n) is 12.3. The van der Waals surface area contributed by atoms with E-state index >= 15 is 0 Å². The number of H-pyrrole nitrogens is 1. The standard InChI is InChI=1S/C26H32N6/c1-16(2)21-15-27-32-25(21)30-24(17-8-4-3-5-9-17)31-26(32)28-18-12-13-23-20(14-18)19-10-6-7-11-22(19)29-23/h6-7,10-11,15-18,29H,3-5,8-9,12-14H2,1-2H3,(H,28,30,31)/t18-/m1/s1. The zero-order chi connectivity index (χ0) is 21.7. The van der Waals surface area contributed by atoms with Crippen LogP contribution < -0.4 is 5.32 Å². The molecule has 6 nitrogen and oxygen atoms in total. The molecule has 1 fully saturated rings. The maximum atomic E-state index is 5.07. The maximum absolute atomic E-state index is 5.07.